The van der Waals surface area contributed by atoms with E-state index in [9.17, 15) is 0 Å². The molecule has 3 heteroatoms. The zero-order valence-corrected chi connectivity index (χ0v) is 10.8. The summed E-state index contributed by atoms with van der Waals surface area (Å²) in [5.74, 6) is 0.328. The van der Waals surface area contributed by atoms with Gasteiger partial charge in [0.1, 0.15) is 0 Å². The molecular formula is C12H28N2O. The topological polar surface area (TPSA) is 49.5 Å². The normalized spacial score (nSPS) is 17.8. The van der Waals surface area contributed by atoms with E-state index in [1.165, 1.54) is 0 Å². The molecular weight excluding hydrogens is 188 g/mol. The lowest BCUT2D eigenvalue weighted by atomic mass is 9.94. The van der Waals surface area contributed by atoms with Gasteiger partial charge in [-0.25, -0.2) is 0 Å². The minimum Gasteiger partial charge on any atom is -0.396 e. The SMILES string of the molecule is CCCN(CC(C)CO)C(C)(CC)CN. The number of aliphatic hydroxyl groups is 1. The molecule has 0 spiro atoms. The predicted octanol–water partition coefficient (Wildman–Crippen LogP) is 1.45. The number of aliphatic hydroxyl groups excluding tert-OH is 1. The summed E-state index contributed by atoms with van der Waals surface area (Å²) in [7, 11) is 0. The van der Waals surface area contributed by atoms with E-state index >= 15 is 0 Å². The van der Waals surface area contributed by atoms with Crippen LogP contribution in [0.1, 0.15) is 40.5 Å². The molecule has 0 bridgehead atoms. The molecule has 0 radical (unpaired) electrons. The van der Waals surface area contributed by atoms with Gasteiger partial charge in [0.2, 0.25) is 0 Å². The maximum Gasteiger partial charge on any atom is 0.0468 e. The molecule has 92 valence electrons. The zero-order valence-electron chi connectivity index (χ0n) is 10.8. The molecule has 0 fully saturated rings. The Hall–Kier alpha value is -0.120. The third-order valence-corrected chi connectivity index (χ3v) is 3.30. The van der Waals surface area contributed by atoms with Gasteiger partial charge in [0, 0.05) is 25.2 Å². The lowest BCUT2D eigenvalue weighted by Crippen LogP contribution is -2.53. The first kappa shape index (κ1) is 14.9. The highest BCUT2D eigenvalue weighted by Crippen LogP contribution is 2.19. The second kappa shape index (κ2) is 7.20. The Balaban J connectivity index is 4.47. The summed E-state index contributed by atoms with van der Waals surface area (Å²) in [4.78, 5) is 2.42. The molecule has 0 aromatic carbocycles. The molecule has 2 atom stereocenters. The fraction of sp³-hybridized carbons (Fsp3) is 1.00. The van der Waals surface area contributed by atoms with E-state index in [0.29, 0.717) is 12.5 Å². The molecule has 0 saturated carbocycles. The van der Waals surface area contributed by atoms with E-state index in [0.717, 1.165) is 25.9 Å². The van der Waals surface area contributed by atoms with Crippen LogP contribution in [0.5, 0.6) is 0 Å². The quantitative estimate of drug-likeness (QED) is 0.646. The van der Waals surface area contributed by atoms with E-state index in [2.05, 4.69) is 32.6 Å². The average Bonchev–Trinajstić information content (AvgIpc) is 2.27. The van der Waals surface area contributed by atoms with Crippen LogP contribution in [0.15, 0.2) is 0 Å². The van der Waals surface area contributed by atoms with Crippen LogP contribution in [0.2, 0.25) is 0 Å². The Labute approximate surface area is 94.6 Å². The second-order valence-electron chi connectivity index (χ2n) is 4.79. The maximum absolute atomic E-state index is 9.11. The Morgan fingerprint density at radius 3 is 2.33 bits per heavy atom. The first-order valence-electron chi connectivity index (χ1n) is 6.10. The Morgan fingerprint density at radius 1 is 1.40 bits per heavy atom. The summed E-state index contributed by atoms with van der Waals surface area (Å²) in [6.07, 6.45) is 2.19. The van der Waals surface area contributed by atoms with Crippen molar-refractivity contribution in [2.75, 3.05) is 26.2 Å². The van der Waals surface area contributed by atoms with Crippen LogP contribution in [-0.4, -0.2) is 41.8 Å². The first-order valence-corrected chi connectivity index (χ1v) is 6.10. The second-order valence-corrected chi connectivity index (χ2v) is 4.79. The molecule has 0 aliphatic carbocycles. The van der Waals surface area contributed by atoms with Crippen molar-refractivity contribution in [3.05, 3.63) is 0 Å². The fourth-order valence-electron chi connectivity index (χ4n) is 1.78. The lowest BCUT2D eigenvalue weighted by molar-refractivity contribution is 0.0741. The van der Waals surface area contributed by atoms with Crippen LogP contribution in [0.3, 0.4) is 0 Å². The van der Waals surface area contributed by atoms with Gasteiger partial charge in [-0.05, 0) is 32.2 Å². The van der Waals surface area contributed by atoms with Crippen LogP contribution >= 0.6 is 0 Å². The highest BCUT2D eigenvalue weighted by Gasteiger charge is 2.28. The van der Waals surface area contributed by atoms with Crippen LogP contribution in [0, 0.1) is 5.92 Å². The minimum absolute atomic E-state index is 0.0828. The minimum atomic E-state index is 0.0828. The third kappa shape index (κ3) is 4.49. The summed E-state index contributed by atoms with van der Waals surface area (Å²) in [5.41, 5.74) is 5.94. The van der Waals surface area contributed by atoms with Crippen LogP contribution in [0.4, 0.5) is 0 Å². The van der Waals surface area contributed by atoms with Gasteiger partial charge in [-0.2, -0.15) is 0 Å². The van der Waals surface area contributed by atoms with Gasteiger partial charge >= 0.3 is 0 Å². The van der Waals surface area contributed by atoms with E-state index in [4.69, 9.17) is 10.8 Å². The molecule has 0 aliphatic heterocycles. The molecule has 0 heterocycles. The number of hydrogen-bond acceptors (Lipinski definition) is 3. The monoisotopic (exact) mass is 216 g/mol. The first-order chi connectivity index (χ1) is 7.03. The summed E-state index contributed by atoms with van der Waals surface area (Å²) >= 11 is 0. The van der Waals surface area contributed by atoms with Gasteiger partial charge in [-0.3, -0.25) is 4.90 Å². The molecule has 3 N–H and O–H groups in total. The molecule has 2 unspecified atom stereocenters. The predicted molar refractivity (Wildman–Crippen MR) is 65.9 cm³/mol. The van der Waals surface area contributed by atoms with Crippen molar-refractivity contribution in [2.24, 2.45) is 11.7 Å². The van der Waals surface area contributed by atoms with Crippen molar-refractivity contribution in [3.63, 3.8) is 0 Å². The van der Waals surface area contributed by atoms with Crippen molar-refractivity contribution in [3.8, 4) is 0 Å². The van der Waals surface area contributed by atoms with Gasteiger partial charge in [0.05, 0.1) is 0 Å². The molecule has 3 nitrogen and oxygen atoms in total. The van der Waals surface area contributed by atoms with Gasteiger partial charge in [-0.15, -0.1) is 0 Å². The van der Waals surface area contributed by atoms with Crippen molar-refractivity contribution in [1.29, 1.82) is 0 Å². The average molecular weight is 216 g/mol. The molecule has 0 saturated heterocycles. The van der Waals surface area contributed by atoms with Crippen LogP contribution < -0.4 is 5.73 Å². The van der Waals surface area contributed by atoms with Gasteiger partial charge in [0.15, 0.2) is 0 Å². The number of nitrogens with zero attached hydrogens (tertiary/aromatic N) is 1. The molecule has 0 aromatic rings. The molecule has 0 rings (SSSR count). The number of hydrogen-bond donors (Lipinski definition) is 2. The molecule has 0 aliphatic rings. The van der Waals surface area contributed by atoms with E-state index < -0.39 is 0 Å². The molecule has 15 heavy (non-hydrogen) atoms. The highest BCUT2D eigenvalue weighted by atomic mass is 16.3. The smallest absolute Gasteiger partial charge is 0.0468 e. The number of nitrogens with two attached hydrogens (primary N) is 1. The molecule has 0 aromatic heterocycles. The van der Waals surface area contributed by atoms with E-state index in [-0.39, 0.29) is 12.1 Å². The van der Waals surface area contributed by atoms with Crippen molar-refractivity contribution in [2.45, 2.75) is 46.1 Å². The summed E-state index contributed by atoms with van der Waals surface area (Å²) < 4.78 is 0. The Bertz CT molecular complexity index is 158. The number of rotatable bonds is 8. The summed E-state index contributed by atoms with van der Waals surface area (Å²) in [6, 6.07) is 0. The zero-order chi connectivity index (χ0) is 11.9. The summed E-state index contributed by atoms with van der Waals surface area (Å²) in [6.45, 7) is 11.6. The van der Waals surface area contributed by atoms with Gasteiger partial charge < -0.3 is 10.8 Å². The van der Waals surface area contributed by atoms with Crippen LogP contribution in [0.25, 0.3) is 0 Å². The summed E-state index contributed by atoms with van der Waals surface area (Å²) in [5, 5.41) is 9.11. The fourth-order valence-corrected chi connectivity index (χ4v) is 1.78. The Morgan fingerprint density at radius 2 is 2.00 bits per heavy atom. The third-order valence-electron chi connectivity index (χ3n) is 3.30. The van der Waals surface area contributed by atoms with E-state index in [1.807, 2.05) is 0 Å². The Kier molecular flexibility index (Phi) is 7.14. The highest BCUT2D eigenvalue weighted by molar-refractivity contribution is 4.86. The van der Waals surface area contributed by atoms with Gasteiger partial charge in [-0.1, -0.05) is 20.8 Å². The van der Waals surface area contributed by atoms with Crippen molar-refractivity contribution >= 4 is 0 Å². The van der Waals surface area contributed by atoms with Crippen molar-refractivity contribution < 1.29 is 5.11 Å². The maximum atomic E-state index is 9.11. The largest absolute Gasteiger partial charge is 0.396 e. The molecule has 0 amide bonds. The van der Waals surface area contributed by atoms with Crippen molar-refractivity contribution in [1.82, 2.24) is 4.90 Å². The standard InChI is InChI=1S/C12H28N2O/c1-5-7-14(8-11(3)9-15)12(4,6-2)10-13/h11,15H,5-10,13H2,1-4H3. The van der Waals surface area contributed by atoms with E-state index in [1.54, 1.807) is 0 Å². The van der Waals surface area contributed by atoms with Crippen LogP contribution in [-0.2, 0) is 0 Å². The lowest BCUT2D eigenvalue weighted by Gasteiger charge is -2.41. The van der Waals surface area contributed by atoms with Gasteiger partial charge in [0.25, 0.3) is 0 Å².